The van der Waals surface area contributed by atoms with Crippen LogP contribution in [0.15, 0.2) is 36.5 Å². The Hall–Kier alpha value is -2.43. The van der Waals surface area contributed by atoms with Gasteiger partial charge in [0.05, 0.1) is 5.52 Å². The van der Waals surface area contributed by atoms with Crippen LogP contribution in [0.5, 0.6) is 0 Å². The second-order valence-electron chi connectivity index (χ2n) is 4.92. The molecule has 104 valence electrons. The van der Waals surface area contributed by atoms with Gasteiger partial charge in [0.2, 0.25) is 5.91 Å². The van der Waals surface area contributed by atoms with Crippen molar-refractivity contribution in [3.8, 4) is 0 Å². The lowest BCUT2D eigenvalue weighted by Crippen LogP contribution is -2.44. The van der Waals surface area contributed by atoms with Crippen LogP contribution in [0.1, 0.15) is 12.5 Å². The van der Waals surface area contributed by atoms with E-state index < -0.39 is 17.3 Å². The molecule has 0 saturated carbocycles. The van der Waals surface area contributed by atoms with Crippen LogP contribution in [0.3, 0.4) is 0 Å². The number of rotatable bonds is 4. The van der Waals surface area contributed by atoms with Crippen molar-refractivity contribution in [2.24, 2.45) is 5.41 Å². The van der Waals surface area contributed by atoms with Crippen LogP contribution in [-0.4, -0.2) is 29.0 Å². The van der Waals surface area contributed by atoms with E-state index in [9.17, 15) is 14.7 Å². The van der Waals surface area contributed by atoms with Crippen LogP contribution in [-0.2, 0) is 16.0 Å². The molecule has 20 heavy (non-hydrogen) atoms. The summed E-state index contributed by atoms with van der Waals surface area (Å²) in [5.74, 6) is -1.64. The number of aliphatic carboxylic acids is 1. The van der Waals surface area contributed by atoms with Crippen molar-refractivity contribution in [3.05, 3.63) is 42.1 Å². The molecule has 2 aromatic rings. The van der Waals surface area contributed by atoms with Crippen molar-refractivity contribution in [3.63, 3.8) is 0 Å². The SMILES string of the molecule is CNC(=O)C(C)(Cc1ccc2ncccc2c1)C(=O)O. The molecule has 0 spiro atoms. The van der Waals surface area contributed by atoms with Gasteiger partial charge in [0.15, 0.2) is 0 Å². The highest BCUT2D eigenvalue weighted by atomic mass is 16.4. The fraction of sp³-hybridized carbons (Fsp3) is 0.267. The van der Waals surface area contributed by atoms with Gasteiger partial charge in [-0.1, -0.05) is 12.1 Å². The van der Waals surface area contributed by atoms with E-state index >= 15 is 0 Å². The molecule has 0 aliphatic rings. The molecule has 0 aliphatic carbocycles. The van der Waals surface area contributed by atoms with Crippen molar-refractivity contribution < 1.29 is 14.7 Å². The summed E-state index contributed by atoms with van der Waals surface area (Å²) in [6.07, 6.45) is 1.83. The lowest BCUT2D eigenvalue weighted by molar-refractivity contribution is -0.154. The number of nitrogens with zero attached hydrogens (tertiary/aromatic N) is 1. The molecule has 1 heterocycles. The van der Waals surface area contributed by atoms with Crippen LogP contribution < -0.4 is 5.32 Å². The van der Waals surface area contributed by atoms with Gasteiger partial charge in [-0.2, -0.15) is 0 Å². The van der Waals surface area contributed by atoms with Gasteiger partial charge < -0.3 is 10.4 Å². The quantitative estimate of drug-likeness (QED) is 0.829. The van der Waals surface area contributed by atoms with E-state index in [0.29, 0.717) is 0 Å². The number of benzene rings is 1. The Balaban J connectivity index is 2.38. The average Bonchev–Trinajstić information content (AvgIpc) is 2.45. The molecule has 2 rings (SSSR count). The van der Waals surface area contributed by atoms with E-state index in [4.69, 9.17) is 0 Å². The topological polar surface area (TPSA) is 79.3 Å². The number of carboxylic acid groups (broad SMARTS) is 1. The third kappa shape index (κ3) is 2.47. The van der Waals surface area contributed by atoms with Crippen LogP contribution in [0, 0.1) is 5.41 Å². The molecule has 1 aromatic carbocycles. The number of hydrogen-bond acceptors (Lipinski definition) is 3. The summed E-state index contributed by atoms with van der Waals surface area (Å²) in [5, 5.41) is 12.7. The van der Waals surface area contributed by atoms with E-state index in [1.54, 1.807) is 12.3 Å². The van der Waals surface area contributed by atoms with Gasteiger partial charge in [-0.15, -0.1) is 0 Å². The first-order valence-corrected chi connectivity index (χ1v) is 6.26. The first-order valence-electron chi connectivity index (χ1n) is 6.26. The summed E-state index contributed by atoms with van der Waals surface area (Å²) in [5.41, 5.74) is 0.150. The van der Waals surface area contributed by atoms with Crippen molar-refractivity contribution >= 4 is 22.8 Å². The Labute approximate surface area is 116 Å². The number of amides is 1. The molecule has 2 N–H and O–H groups in total. The minimum Gasteiger partial charge on any atom is -0.480 e. The molecule has 1 aromatic heterocycles. The summed E-state index contributed by atoms with van der Waals surface area (Å²) >= 11 is 0. The lowest BCUT2D eigenvalue weighted by Gasteiger charge is -2.22. The fourth-order valence-electron chi connectivity index (χ4n) is 2.17. The molecule has 1 unspecified atom stereocenters. The maximum Gasteiger partial charge on any atom is 0.319 e. The summed E-state index contributed by atoms with van der Waals surface area (Å²) in [6.45, 7) is 1.43. The van der Waals surface area contributed by atoms with E-state index in [0.717, 1.165) is 16.5 Å². The average molecular weight is 272 g/mol. The van der Waals surface area contributed by atoms with Gasteiger partial charge in [-0.25, -0.2) is 0 Å². The van der Waals surface area contributed by atoms with E-state index in [1.807, 2.05) is 24.3 Å². The monoisotopic (exact) mass is 272 g/mol. The van der Waals surface area contributed by atoms with Crippen molar-refractivity contribution in [1.29, 1.82) is 0 Å². The Morgan fingerprint density at radius 2 is 2.10 bits per heavy atom. The number of nitrogens with one attached hydrogen (secondary N) is 1. The number of fused-ring (bicyclic) bond motifs is 1. The van der Waals surface area contributed by atoms with E-state index in [2.05, 4.69) is 10.3 Å². The second kappa shape index (κ2) is 5.28. The molecular weight excluding hydrogens is 256 g/mol. The number of hydrogen-bond donors (Lipinski definition) is 2. The molecule has 0 radical (unpaired) electrons. The Morgan fingerprint density at radius 3 is 2.75 bits per heavy atom. The van der Waals surface area contributed by atoms with Crippen molar-refractivity contribution in [1.82, 2.24) is 10.3 Å². The summed E-state index contributed by atoms with van der Waals surface area (Å²) in [4.78, 5) is 27.5. The smallest absolute Gasteiger partial charge is 0.319 e. The Bertz CT molecular complexity index is 669. The number of carbonyl (C=O) groups is 2. The second-order valence-corrected chi connectivity index (χ2v) is 4.92. The zero-order valence-electron chi connectivity index (χ0n) is 11.4. The van der Waals surface area contributed by atoms with Gasteiger partial charge in [0.25, 0.3) is 0 Å². The Kier molecular flexibility index (Phi) is 3.70. The molecule has 0 aliphatic heterocycles. The van der Waals surface area contributed by atoms with Gasteiger partial charge in [-0.05, 0) is 37.1 Å². The molecular formula is C15H16N2O3. The molecule has 1 amide bonds. The van der Waals surface area contributed by atoms with Crippen LogP contribution in [0.4, 0.5) is 0 Å². The minimum atomic E-state index is -1.48. The summed E-state index contributed by atoms with van der Waals surface area (Å²) in [7, 11) is 1.44. The highest BCUT2D eigenvalue weighted by molar-refractivity contribution is 6.01. The largest absolute Gasteiger partial charge is 0.480 e. The van der Waals surface area contributed by atoms with Gasteiger partial charge in [-0.3, -0.25) is 14.6 Å². The third-order valence-corrected chi connectivity index (χ3v) is 3.43. The predicted molar refractivity (Wildman–Crippen MR) is 75.3 cm³/mol. The maximum atomic E-state index is 11.8. The standard InChI is InChI=1S/C15H16N2O3/c1-15(14(19)20,13(18)16-2)9-10-5-6-12-11(8-10)4-3-7-17-12/h3-8H,9H2,1-2H3,(H,16,18)(H,19,20). The third-order valence-electron chi connectivity index (χ3n) is 3.43. The molecule has 1 atom stereocenters. The van der Waals surface area contributed by atoms with Gasteiger partial charge in [0.1, 0.15) is 5.41 Å². The molecule has 0 saturated heterocycles. The van der Waals surface area contributed by atoms with Crippen molar-refractivity contribution in [2.75, 3.05) is 7.05 Å². The normalized spacial score (nSPS) is 13.7. The summed E-state index contributed by atoms with van der Waals surface area (Å²) < 4.78 is 0. The molecule has 5 heteroatoms. The number of pyridine rings is 1. The number of carbonyl (C=O) groups excluding carboxylic acids is 1. The van der Waals surface area contributed by atoms with Crippen molar-refractivity contribution in [2.45, 2.75) is 13.3 Å². The highest BCUT2D eigenvalue weighted by Crippen LogP contribution is 2.25. The lowest BCUT2D eigenvalue weighted by atomic mass is 9.82. The number of carboxylic acids is 1. The first-order chi connectivity index (χ1) is 9.47. The Morgan fingerprint density at radius 1 is 1.35 bits per heavy atom. The van der Waals surface area contributed by atoms with Gasteiger partial charge >= 0.3 is 5.97 Å². The number of aromatic nitrogens is 1. The van der Waals surface area contributed by atoms with Gasteiger partial charge in [0, 0.05) is 18.6 Å². The maximum absolute atomic E-state index is 11.8. The molecule has 0 bridgehead atoms. The first kappa shape index (κ1) is 14.0. The highest BCUT2D eigenvalue weighted by Gasteiger charge is 2.40. The zero-order chi connectivity index (χ0) is 14.8. The molecule has 0 fully saturated rings. The molecule has 5 nitrogen and oxygen atoms in total. The van der Waals surface area contributed by atoms with E-state index in [-0.39, 0.29) is 6.42 Å². The minimum absolute atomic E-state index is 0.132. The van der Waals surface area contributed by atoms with Crippen LogP contribution >= 0.6 is 0 Å². The predicted octanol–water partition coefficient (Wildman–Crippen LogP) is 1.61. The zero-order valence-corrected chi connectivity index (χ0v) is 11.4. The van der Waals surface area contributed by atoms with Crippen LogP contribution in [0.25, 0.3) is 10.9 Å². The van der Waals surface area contributed by atoms with E-state index in [1.165, 1.54) is 14.0 Å². The fourth-order valence-corrected chi connectivity index (χ4v) is 2.17. The summed E-state index contributed by atoms with van der Waals surface area (Å²) in [6, 6.07) is 9.23. The van der Waals surface area contributed by atoms with Crippen LogP contribution in [0.2, 0.25) is 0 Å².